The van der Waals surface area contributed by atoms with Crippen LogP contribution in [-0.2, 0) is 0 Å². The lowest BCUT2D eigenvalue weighted by Crippen LogP contribution is -2.25. The number of anilines is 2. The highest BCUT2D eigenvalue weighted by Gasteiger charge is 2.31. The first kappa shape index (κ1) is 14.0. The molecule has 1 aromatic rings. The topological polar surface area (TPSA) is 47.3 Å². The first-order valence-corrected chi connectivity index (χ1v) is 7.45. The van der Waals surface area contributed by atoms with Gasteiger partial charge in [0.25, 0.3) is 0 Å². The Labute approximate surface area is 116 Å². The maximum atomic E-state index is 5.92. The van der Waals surface area contributed by atoms with Crippen molar-refractivity contribution < 1.29 is 4.74 Å². The summed E-state index contributed by atoms with van der Waals surface area (Å²) in [7, 11) is 0. The predicted octanol–water partition coefficient (Wildman–Crippen LogP) is 4.05. The third kappa shape index (κ3) is 3.55. The monoisotopic (exact) mass is 262 g/mol. The van der Waals surface area contributed by atoms with E-state index in [4.69, 9.17) is 10.5 Å². The highest BCUT2D eigenvalue weighted by atomic mass is 16.5. The lowest BCUT2D eigenvalue weighted by Gasteiger charge is -2.28. The molecule has 0 aliphatic heterocycles. The number of benzene rings is 1. The second kappa shape index (κ2) is 6.18. The smallest absolute Gasteiger partial charge is 0.123 e. The zero-order valence-electron chi connectivity index (χ0n) is 12.2. The van der Waals surface area contributed by atoms with Crippen LogP contribution in [0.1, 0.15) is 46.0 Å². The Hall–Kier alpha value is -1.38. The maximum Gasteiger partial charge on any atom is 0.123 e. The zero-order chi connectivity index (χ0) is 13.7. The standard InChI is InChI=1S/C16H26N2O/c1-3-16(7-5-6-8-16)12-18-14-9-13(17)10-15(11-14)19-4-2/h9-11,18H,3-8,12,17H2,1-2H3. The summed E-state index contributed by atoms with van der Waals surface area (Å²) in [6.07, 6.45) is 6.68. The molecule has 1 aliphatic carbocycles. The van der Waals surface area contributed by atoms with Crippen molar-refractivity contribution >= 4 is 11.4 Å². The van der Waals surface area contributed by atoms with Gasteiger partial charge in [-0.25, -0.2) is 0 Å². The van der Waals surface area contributed by atoms with Gasteiger partial charge in [-0.15, -0.1) is 0 Å². The highest BCUT2D eigenvalue weighted by Crippen LogP contribution is 2.41. The summed E-state index contributed by atoms with van der Waals surface area (Å²) in [5.74, 6) is 0.849. The van der Waals surface area contributed by atoms with Crippen molar-refractivity contribution in [2.45, 2.75) is 46.0 Å². The fourth-order valence-electron chi connectivity index (χ4n) is 3.04. The van der Waals surface area contributed by atoms with Gasteiger partial charge in [-0.1, -0.05) is 19.8 Å². The molecule has 3 N–H and O–H groups in total. The number of hydrogen-bond donors (Lipinski definition) is 2. The van der Waals surface area contributed by atoms with Crippen molar-refractivity contribution in [2.24, 2.45) is 5.41 Å². The normalized spacial score (nSPS) is 17.4. The van der Waals surface area contributed by atoms with Gasteiger partial charge in [0.2, 0.25) is 0 Å². The molecule has 0 amide bonds. The van der Waals surface area contributed by atoms with Gasteiger partial charge in [0.05, 0.1) is 6.61 Å². The third-order valence-corrected chi connectivity index (χ3v) is 4.32. The molecule has 3 nitrogen and oxygen atoms in total. The van der Waals surface area contributed by atoms with Crippen LogP contribution in [0.25, 0.3) is 0 Å². The van der Waals surface area contributed by atoms with Crippen molar-refractivity contribution in [3.8, 4) is 5.75 Å². The molecule has 0 bridgehead atoms. The Morgan fingerprint density at radius 3 is 2.58 bits per heavy atom. The van der Waals surface area contributed by atoms with Crippen LogP contribution < -0.4 is 15.8 Å². The van der Waals surface area contributed by atoms with Gasteiger partial charge in [-0.2, -0.15) is 0 Å². The number of hydrogen-bond acceptors (Lipinski definition) is 3. The fraction of sp³-hybridized carbons (Fsp3) is 0.625. The van der Waals surface area contributed by atoms with Crippen molar-refractivity contribution in [1.29, 1.82) is 0 Å². The van der Waals surface area contributed by atoms with E-state index < -0.39 is 0 Å². The summed E-state index contributed by atoms with van der Waals surface area (Å²) in [5.41, 5.74) is 8.23. The molecule has 0 unspecified atom stereocenters. The van der Waals surface area contributed by atoms with E-state index in [1.54, 1.807) is 0 Å². The molecule has 0 saturated heterocycles. The fourth-order valence-corrected chi connectivity index (χ4v) is 3.04. The molecule has 0 aromatic heterocycles. The summed E-state index contributed by atoms with van der Waals surface area (Å²) >= 11 is 0. The van der Waals surface area contributed by atoms with Gasteiger partial charge in [-0.3, -0.25) is 0 Å². The Kier molecular flexibility index (Phi) is 4.56. The van der Waals surface area contributed by atoms with Gasteiger partial charge >= 0.3 is 0 Å². The van der Waals surface area contributed by atoms with Crippen LogP contribution in [0, 0.1) is 5.41 Å². The molecular weight excluding hydrogens is 236 g/mol. The van der Waals surface area contributed by atoms with Crippen LogP contribution in [0.2, 0.25) is 0 Å². The Morgan fingerprint density at radius 1 is 1.21 bits per heavy atom. The lowest BCUT2D eigenvalue weighted by atomic mass is 9.83. The summed E-state index contributed by atoms with van der Waals surface area (Å²) in [4.78, 5) is 0. The Balaban J connectivity index is 2.02. The van der Waals surface area contributed by atoms with E-state index in [1.807, 2.05) is 25.1 Å². The van der Waals surface area contributed by atoms with Crippen LogP contribution in [0.5, 0.6) is 5.75 Å². The lowest BCUT2D eigenvalue weighted by molar-refractivity contribution is 0.306. The Morgan fingerprint density at radius 2 is 1.95 bits per heavy atom. The van der Waals surface area contributed by atoms with E-state index >= 15 is 0 Å². The number of nitrogens with one attached hydrogen (secondary N) is 1. The average molecular weight is 262 g/mol. The number of nitrogen functional groups attached to an aromatic ring is 1. The Bertz CT molecular complexity index is 411. The van der Waals surface area contributed by atoms with Gasteiger partial charge in [-0.05, 0) is 37.7 Å². The molecule has 0 radical (unpaired) electrons. The van der Waals surface area contributed by atoms with Crippen LogP contribution in [0.3, 0.4) is 0 Å². The van der Waals surface area contributed by atoms with Crippen molar-refractivity contribution in [2.75, 3.05) is 24.2 Å². The van der Waals surface area contributed by atoms with E-state index in [-0.39, 0.29) is 0 Å². The molecule has 1 fully saturated rings. The SMILES string of the molecule is CCOc1cc(N)cc(NCC2(CC)CCCC2)c1. The maximum absolute atomic E-state index is 5.92. The van der Waals surface area contributed by atoms with E-state index in [0.29, 0.717) is 12.0 Å². The molecule has 0 spiro atoms. The molecule has 106 valence electrons. The molecule has 1 aromatic carbocycles. The summed E-state index contributed by atoms with van der Waals surface area (Å²) in [6.45, 7) is 6.00. The number of rotatable bonds is 6. The zero-order valence-corrected chi connectivity index (χ0v) is 12.2. The van der Waals surface area contributed by atoms with Crippen LogP contribution >= 0.6 is 0 Å². The molecule has 2 rings (SSSR count). The van der Waals surface area contributed by atoms with E-state index in [2.05, 4.69) is 12.2 Å². The summed E-state index contributed by atoms with van der Waals surface area (Å²) in [6, 6.07) is 5.90. The first-order valence-electron chi connectivity index (χ1n) is 7.45. The minimum absolute atomic E-state index is 0.483. The molecule has 0 heterocycles. The summed E-state index contributed by atoms with van der Waals surface area (Å²) in [5, 5.41) is 3.56. The second-order valence-corrected chi connectivity index (χ2v) is 5.64. The summed E-state index contributed by atoms with van der Waals surface area (Å²) < 4.78 is 5.53. The molecule has 3 heteroatoms. The van der Waals surface area contributed by atoms with E-state index in [9.17, 15) is 0 Å². The van der Waals surface area contributed by atoms with Crippen LogP contribution in [-0.4, -0.2) is 13.2 Å². The molecular formula is C16H26N2O. The van der Waals surface area contributed by atoms with Crippen molar-refractivity contribution in [1.82, 2.24) is 0 Å². The second-order valence-electron chi connectivity index (χ2n) is 5.64. The highest BCUT2D eigenvalue weighted by molar-refractivity contribution is 5.59. The minimum Gasteiger partial charge on any atom is -0.494 e. The quantitative estimate of drug-likeness (QED) is 0.760. The van der Waals surface area contributed by atoms with Crippen molar-refractivity contribution in [3.63, 3.8) is 0 Å². The molecule has 19 heavy (non-hydrogen) atoms. The van der Waals surface area contributed by atoms with E-state index in [0.717, 1.165) is 23.7 Å². The molecule has 0 atom stereocenters. The number of nitrogens with two attached hydrogens (primary N) is 1. The van der Waals surface area contributed by atoms with Crippen LogP contribution in [0.15, 0.2) is 18.2 Å². The van der Waals surface area contributed by atoms with Gasteiger partial charge in [0, 0.05) is 30.1 Å². The number of ether oxygens (including phenoxy) is 1. The van der Waals surface area contributed by atoms with Gasteiger partial charge in [0.1, 0.15) is 5.75 Å². The van der Waals surface area contributed by atoms with E-state index in [1.165, 1.54) is 32.1 Å². The largest absolute Gasteiger partial charge is 0.494 e. The van der Waals surface area contributed by atoms with Crippen LogP contribution in [0.4, 0.5) is 11.4 Å². The predicted molar refractivity (Wildman–Crippen MR) is 81.7 cm³/mol. The first-order chi connectivity index (χ1) is 9.17. The van der Waals surface area contributed by atoms with Crippen molar-refractivity contribution in [3.05, 3.63) is 18.2 Å². The van der Waals surface area contributed by atoms with Gasteiger partial charge < -0.3 is 15.8 Å². The minimum atomic E-state index is 0.483. The molecule has 1 aliphatic rings. The van der Waals surface area contributed by atoms with Gasteiger partial charge in [0.15, 0.2) is 0 Å². The third-order valence-electron chi connectivity index (χ3n) is 4.32. The average Bonchev–Trinajstić information content (AvgIpc) is 2.86. The molecule has 1 saturated carbocycles.